The third-order valence-corrected chi connectivity index (χ3v) is 5.84. The van der Waals surface area contributed by atoms with E-state index in [2.05, 4.69) is 25.1 Å². The fraction of sp³-hybridized carbons (Fsp3) is 0.217. The Morgan fingerprint density at radius 3 is 2.61 bits per heavy atom. The molecule has 4 aromatic heterocycles. The normalized spacial score (nSPS) is 12.8. The number of imidazole rings is 1. The Bertz CT molecular complexity index is 1650. The third-order valence-electron chi connectivity index (χ3n) is 5.84. The van der Waals surface area contributed by atoms with E-state index >= 15 is 0 Å². The summed E-state index contributed by atoms with van der Waals surface area (Å²) in [5.74, 6) is -0.891. The highest BCUT2D eigenvalue weighted by Crippen LogP contribution is 2.26. The lowest BCUT2D eigenvalue weighted by atomic mass is 10.1. The summed E-state index contributed by atoms with van der Waals surface area (Å²) in [6, 6.07) is 3.02. The first-order chi connectivity index (χ1) is 17.1. The summed E-state index contributed by atoms with van der Waals surface area (Å²) in [7, 11) is 0. The number of para-hydroxylation sites is 1. The molecule has 184 valence electrons. The van der Waals surface area contributed by atoms with E-state index in [1.165, 1.54) is 17.0 Å². The number of rotatable bonds is 5. The zero-order chi connectivity index (χ0) is 25.6. The van der Waals surface area contributed by atoms with Gasteiger partial charge < -0.3 is 5.32 Å². The van der Waals surface area contributed by atoms with E-state index in [1.54, 1.807) is 43.7 Å². The number of amides is 1. The van der Waals surface area contributed by atoms with Gasteiger partial charge in [0.2, 0.25) is 11.9 Å². The average Bonchev–Trinajstić information content (AvgIpc) is 3.42. The molecule has 1 amide bonds. The molecule has 0 saturated carbocycles. The smallest absolute Gasteiger partial charge is 0.343 e. The monoisotopic (exact) mass is 496 g/mol. The molecule has 0 radical (unpaired) electrons. The number of aryl methyl sites for hydroxylation is 1. The van der Waals surface area contributed by atoms with Gasteiger partial charge in [-0.05, 0) is 25.5 Å². The first-order valence-corrected chi connectivity index (χ1v) is 10.8. The second-order valence-corrected chi connectivity index (χ2v) is 8.27. The molecule has 0 aliphatic heterocycles. The number of alkyl halides is 3. The van der Waals surface area contributed by atoms with Crippen LogP contribution in [0.1, 0.15) is 12.5 Å². The van der Waals surface area contributed by atoms with Crippen molar-refractivity contribution >= 4 is 27.8 Å². The van der Waals surface area contributed by atoms with Crippen LogP contribution >= 0.6 is 0 Å². The van der Waals surface area contributed by atoms with Crippen molar-refractivity contribution < 1.29 is 18.0 Å². The Morgan fingerprint density at radius 2 is 1.89 bits per heavy atom. The number of pyridine rings is 1. The van der Waals surface area contributed by atoms with Crippen LogP contribution in [-0.2, 0) is 11.3 Å². The minimum atomic E-state index is -4.60. The van der Waals surface area contributed by atoms with Crippen LogP contribution in [0.15, 0.2) is 54.0 Å². The highest BCUT2D eigenvalue weighted by atomic mass is 19.4. The van der Waals surface area contributed by atoms with Gasteiger partial charge in [-0.1, -0.05) is 12.1 Å². The zero-order valence-corrected chi connectivity index (χ0v) is 19.0. The van der Waals surface area contributed by atoms with E-state index in [0.29, 0.717) is 22.2 Å². The second kappa shape index (κ2) is 8.59. The second-order valence-electron chi connectivity index (χ2n) is 8.27. The number of fused-ring (bicyclic) bond motifs is 2. The molecule has 10 nitrogen and oxygen atoms in total. The number of carbonyl (C=O) groups is 1. The molecule has 0 spiro atoms. The highest BCUT2D eigenvalue weighted by Gasteiger charge is 2.37. The molecule has 0 bridgehead atoms. The van der Waals surface area contributed by atoms with Crippen molar-refractivity contribution in [3.05, 3.63) is 65.2 Å². The molecule has 36 heavy (non-hydrogen) atoms. The lowest BCUT2D eigenvalue weighted by Gasteiger charge is -2.17. The third kappa shape index (κ3) is 3.97. The van der Waals surface area contributed by atoms with E-state index in [-0.39, 0.29) is 5.95 Å². The maximum absolute atomic E-state index is 13.4. The van der Waals surface area contributed by atoms with Gasteiger partial charge in [-0.15, -0.1) is 0 Å². The van der Waals surface area contributed by atoms with Crippen LogP contribution < -0.4 is 11.0 Å². The molecule has 0 unspecified atom stereocenters. The lowest BCUT2D eigenvalue weighted by Crippen LogP contribution is -2.45. The van der Waals surface area contributed by atoms with Crippen LogP contribution in [0.2, 0.25) is 0 Å². The molecule has 1 aromatic carbocycles. The van der Waals surface area contributed by atoms with Crippen molar-refractivity contribution in [1.82, 2.24) is 39.6 Å². The van der Waals surface area contributed by atoms with Gasteiger partial charge >= 0.3 is 11.9 Å². The fourth-order valence-corrected chi connectivity index (χ4v) is 3.99. The van der Waals surface area contributed by atoms with Gasteiger partial charge in [0.15, 0.2) is 0 Å². The molecular formula is C23H19F3N8O2. The van der Waals surface area contributed by atoms with Crippen LogP contribution in [-0.4, -0.2) is 52.4 Å². The number of hydrogen-bond donors (Lipinski definition) is 2. The van der Waals surface area contributed by atoms with Crippen molar-refractivity contribution in [3.8, 4) is 17.1 Å². The van der Waals surface area contributed by atoms with Gasteiger partial charge in [0.25, 0.3) is 0 Å². The number of H-pyrrole nitrogens is 1. The number of hydrogen-bond acceptors (Lipinski definition) is 6. The number of aromatic nitrogens is 7. The number of aromatic amines is 1. The molecule has 0 aliphatic rings. The largest absolute Gasteiger partial charge is 0.408 e. The predicted octanol–water partition coefficient (Wildman–Crippen LogP) is 2.90. The maximum atomic E-state index is 13.4. The maximum Gasteiger partial charge on any atom is 0.408 e. The summed E-state index contributed by atoms with van der Waals surface area (Å²) < 4.78 is 41.0. The Labute approximate surface area is 200 Å². The molecule has 0 fully saturated rings. The van der Waals surface area contributed by atoms with Crippen LogP contribution in [0.25, 0.3) is 39.0 Å². The van der Waals surface area contributed by atoms with E-state index < -0.39 is 30.4 Å². The first kappa shape index (κ1) is 23.2. The molecule has 1 atom stereocenters. The van der Waals surface area contributed by atoms with Gasteiger partial charge in [-0.3, -0.25) is 19.4 Å². The van der Waals surface area contributed by atoms with Gasteiger partial charge in [-0.2, -0.15) is 18.3 Å². The molecule has 4 heterocycles. The van der Waals surface area contributed by atoms with Crippen molar-refractivity contribution in [2.24, 2.45) is 0 Å². The molecule has 5 rings (SSSR count). The number of carbonyl (C=O) groups excluding carboxylic acids is 1. The van der Waals surface area contributed by atoms with E-state index in [9.17, 15) is 22.8 Å². The van der Waals surface area contributed by atoms with Crippen molar-refractivity contribution in [3.63, 3.8) is 0 Å². The molecule has 5 aromatic rings. The van der Waals surface area contributed by atoms with Crippen molar-refractivity contribution in [1.29, 1.82) is 0 Å². The standard InChI is InChI=1S/C23H19F3N8O2/c1-12-4-3-5-18-20(12)34(22(36)33(18)11-19(35)31-13(2)23(24,25)26)21-28-6-14(7-29-21)15-8-27-10-17-16(15)9-30-32-17/h3-10,13H,11H2,1-2H3,(H,30,32)(H,31,35)/t13-/m1/s1. The SMILES string of the molecule is Cc1cccc2c1n(-c1ncc(-c3cncc4[nH]ncc34)cn1)c(=O)n2CC(=O)N[C@H](C)C(F)(F)F. The van der Waals surface area contributed by atoms with Crippen molar-refractivity contribution in [2.75, 3.05) is 0 Å². The summed E-state index contributed by atoms with van der Waals surface area (Å²) in [6.07, 6.45) is 3.43. The quantitative estimate of drug-likeness (QED) is 0.386. The molecular weight excluding hydrogens is 477 g/mol. The van der Waals surface area contributed by atoms with E-state index in [4.69, 9.17) is 0 Å². The minimum absolute atomic E-state index is 0.0539. The summed E-state index contributed by atoms with van der Waals surface area (Å²) in [5, 5.41) is 9.57. The predicted molar refractivity (Wildman–Crippen MR) is 124 cm³/mol. The average molecular weight is 496 g/mol. The Hall–Kier alpha value is -4.55. The zero-order valence-electron chi connectivity index (χ0n) is 19.0. The summed E-state index contributed by atoms with van der Waals surface area (Å²) in [6.45, 7) is 2.01. The van der Waals surface area contributed by atoms with Crippen LogP contribution in [0.5, 0.6) is 0 Å². The first-order valence-electron chi connectivity index (χ1n) is 10.8. The summed E-state index contributed by atoms with van der Waals surface area (Å²) >= 11 is 0. The lowest BCUT2D eigenvalue weighted by molar-refractivity contribution is -0.158. The Morgan fingerprint density at radius 1 is 1.14 bits per heavy atom. The van der Waals surface area contributed by atoms with Gasteiger partial charge in [0.1, 0.15) is 12.6 Å². The van der Waals surface area contributed by atoms with Gasteiger partial charge in [0.05, 0.1) is 28.9 Å². The van der Waals surface area contributed by atoms with E-state index in [0.717, 1.165) is 28.0 Å². The summed E-state index contributed by atoms with van der Waals surface area (Å²) in [4.78, 5) is 38.7. The molecule has 2 N–H and O–H groups in total. The van der Waals surface area contributed by atoms with Crippen molar-refractivity contribution in [2.45, 2.75) is 32.6 Å². The Kier molecular flexibility index (Phi) is 5.54. The molecule has 0 saturated heterocycles. The van der Waals surface area contributed by atoms with Crippen LogP contribution in [0, 0.1) is 6.92 Å². The number of nitrogens with zero attached hydrogens (tertiary/aromatic N) is 6. The molecule has 13 heteroatoms. The molecule has 0 aliphatic carbocycles. The highest BCUT2D eigenvalue weighted by molar-refractivity contribution is 5.93. The minimum Gasteiger partial charge on any atom is -0.343 e. The van der Waals surface area contributed by atoms with Gasteiger partial charge in [-0.25, -0.2) is 19.3 Å². The number of halogens is 3. The number of nitrogens with one attached hydrogen (secondary N) is 2. The van der Waals surface area contributed by atoms with E-state index in [1.807, 2.05) is 5.32 Å². The summed E-state index contributed by atoms with van der Waals surface area (Å²) in [5.41, 5.74) is 3.00. The number of benzene rings is 1. The van der Waals surface area contributed by atoms with Crippen LogP contribution in [0.3, 0.4) is 0 Å². The van der Waals surface area contributed by atoms with Crippen LogP contribution in [0.4, 0.5) is 13.2 Å². The topological polar surface area (TPSA) is 123 Å². The van der Waals surface area contributed by atoms with Gasteiger partial charge in [0, 0.05) is 35.1 Å². The Balaban J connectivity index is 1.55. The fourth-order valence-electron chi connectivity index (χ4n) is 3.99.